The second-order valence-corrected chi connectivity index (χ2v) is 10.6. The minimum atomic E-state index is -3.09. The molecule has 4 aliphatic rings. The average molecular weight is 511 g/mol. The van der Waals surface area contributed by atoms with Gasteiger partial charge < -0.3 is 24.8 Å². The molecule has 37 heavy (non-hydrogen) atoms. The lowest BCUT2D eigenvalue weighted by atomic mass is 9.64. The summed E-state index contributed by atoms with van der Waals surface area (Å²) < 4.78 is 45.0. The number of amides is 1. The van der Waals surface area contributed by atoms with Gasteiger partial charge in [0.05, 0.1) is 19.0 Å². The summed E-state index contributed by atoms with van der Waals surface area (Å²) in [5, 5.41) is 6.49. The van der Waals surface area contributed by atoms with E-state index in [0.717, 1.165) is 31.4 Å². The summed E-state index contributed by atoms with van der Waals surface area (Å²) in [7, 11) is 1.40. The summed E-state index contributed by atoms with van der Waals surface area (Å²) in [5.41, 5.74) is 2.22. The highest BCUT2D eigenvalue weighted by molar-refractivity contribution is 6.01. The van der Waals surface area contributed by atoms with E-state index in [1.54, 1.807) is 12.3 Å². The van der Waals surface area contributed by atoms with Crippen LogP contribution in [0.3, 0.4) is 0 Å². The van der Waals surface area contributed by atoms with Gasteiger partial charge in [-0.1, -0.05) is 0 Å². The molecule has 1 saturated heterocycles. The Hall–Kier alpha value is -3.40. The van der Waals surface area contributed by atoms with Crippen molar-refractivity contribution in [2.24, 2.45) is 5.92 Å². The monoisotopic (exact) mass is 510 g/mol. The van der Waals surface area contributed by atoms with Crippen LogP contribution in [-0.4, -0.2) is 52.7 Å². The lowest BCUT2D eigenvalue weighted by Crippen LogP contribution is -2.46. The van der Waals surface area contributed by atoms with Crippen molar-refractivity contribution in [1.29, 1.82) is 0 Å². The van der Waals surface area contributed by atoms with Gasteiger partial charge in [0.15, 0.2) is 0 Å². The van der Waals surface area contributed by atoms with E-state index in [1.165, 1.54) is 26.0 Å². The van der Waals surface area contributed by atoms with Crippen LogP contribution in [0.25, 0.3) is 16.9 Å². The van der Waals surface area contributed by atoms with Crippen molar-refractivity contribution in [3.8, 4) is 28.5 Å². The van der Waals surface area contributed by atoms with Gasteiger partial charge in [0.2, 0.25) is 0 Å². The van der Waals surface area contributed by atoms with Gasteiger partial charge in [0.25, 0.3) is 5.91 Å². The molecular formula is C27H28F2N4O4. The molecule has 0 radical (unpaired) electrons. The standard InChI is InChI=1S/C27H28F2N4O4/c1-35-20-8-14(9-21(37-26(28)29)24(20)25(34)31-16-2-3-16)19-13-30-23-12-17(5-7-33(19)23)36-18-10-15-4-6-27(15)22(11-18)32-27/h5,7-9,12-13,15-16,18,22,26,32H,2-4,6,10-11H2,1H3,(H,31,34)/t15?,18-,22-,27-/m1/s1. The quantitative estimate of drug-likeness (QED) is 0.442. The van der Waals surface area contributed by atoms with Gasteiger partial charge in [-0.15, -0.1) is 0 Å². The van der Waals surface area contributed by atoms with Crippen molar-refractivity contribution in [1.82, 2.24) is 20.0 Å². The minimum Gasteiger partial charge on any atom is -0.496 e. The Balaban J connectivity index is 1.18. The fourth-order valence-electron chi connectivity index (χ4n) is 6.20. The largest absolute Gasteiger partial charge is 0.496 e. The van der Waals surface area contributed by atoms with Crippen LogP contribution in [0.5, 0.6) is 17.2 Å². The maximum atomic E-state index is 13.3. The van der Waals surface area contributed by atoms with E-state index in [0.29, 0.717) is 34.4 Å². The third kappa shape index (κ3) is 3.89. The maximum absolute atomic E-state index is 13.3. The normalized spacial score (nSPS) is 27.7. The van der Waals surface area contributed by atoms with E-state index in [9.17, 15) is 13.6 Å². The Kier molecular flexibility index (Phi) is 5.11. The van der Waals surface area contributed by atoms with Crippen LogP contribution in [0, 0.1) is 5.92 Å². The number of rotatable bonds is 8. The number of hydrogen-bond acceptors (Lipinski definition) is 6. The van der Waals surface area contributed by atoms with Gasteiger partial charge in [-0.05, 0) is 56.2 Å². The first-order valence-corrected chi connectivity index (χ1v) is 12.8. The van der Waals surface area contributed by atoms with Crippen LogP contribution in [0.15, 0.2) is 36.7 Å². The summed E-state index contributed by atoms with van der Waals surface area (Å²) in [4.78, 5) is 17.3. The van der Waals surface area contributed by atoms with Gasteiger partial charge in [-0.3, -0.25) is 9.20 Å². The van der Waals surface area contributed by atoms with Crippen molar-refractivity contribution in [3.05, 3.63) is 42.2 Å². The number of nitrogens with one attached hydrogen (secondary N) is 2. The average Bonchev–Trinajstić information content (AvgIpc) is 3.77. The molecule has 1 amide bonds. The zero-order valence-electron chi connectivity index (χ0n) is 20.4. The molecule has 1 aliphatic heterocycles. The molecule has 3 aliphatic carbocycles. The molecule has 4 fully saturated rings. The van der Waals surface area contributed by atoms with Crippen LogP contribution in [0.2, 0.25) is 0 Å². The molecule has 3 saturated carbocycles. The Bertz CT molecular complexity index is 1390. The van der Waals surface area contributed by atoms with Gasteiger partial charge >= 0.3 is 6.61 Å². The predicted molar refractivity (Wildman–Crippen MR) is 130 cm³/mol. The topological polar surface area (TPSA) is 96.0 Å². The molecule has 7 rings (SSSR count). The summed E-state index contributed by atoms with van der Waals surface area (Å²) >= 11 is 0. The number of nitrogens with zero attached hydrogens (tertiary/aromatic N) is 2. The smallest absolute Gasteiger partial charge is 0.387 e. The van der Waals surface area contributed by atoms with Crippen molar-refractivity contribution in [2.45, 2.75) is 68.9 Å². The minimum absolute atomic E-state index is 0.0453. The third-order valence-corrected chi connectivity index (χ3v) is 8.39. The lowest BCUT2D eigenvalue weighted by Gasteiger charge is -2.42. The number of fused-ring (bicyclic) bond motifs is 1. The van der Waals surface area contributed by atoms with Crippen molar-refractivity contribution < 1.29 is 27.8 Å². The molecule has 3 aromatic rings. The van der Waals surface area contributed by atoms with Gasteiger partial charge in [-0.25, -0.2) is 4.98 Å². The number of alkyl halides is 2. The van der Waals surface area contributed by atoms with Gasteiger partial charge in [0, 0.05) is 41.9 Å². The zero-order chi connectivity index (χ0) is 25.3. The molecule has 8 nitrogen and oxygen atoms in total. The Morgan fingerprint density at radius 2 is 2.05 bits per heavy atom. The van der Waals surface area contributed by atoms with Gasteiger partial charge in [-0.2, -0.15) is 8.78 Å². The summed E-state index contributed by atoms with van der Waals surface area (Å²) in [6.07, 6.45) is 10.1. The number of pyridine rings is 1. The number of imidazole rings is 1. The van der Waals surface area contributed by atoms with Crippen LogP contribution in [0.4, 0.5) is 8.78 Å². The molecular weight excluding hydrogens is 482 g/mol. The number of hydrogen-bond donors (Lipinski definition) is 2. The van der Waals surface area contributed by atoms with Crippen molar-refractivity contribution in [2.75, 3.05) is 7.11 Å². The molecule has 0 bridgehead atoms. The first-order valence-electron chi connectivity index (χ1n) is 12.8. The van der Waals surface area contributed by atoms with E-state index in [1.807, 2.05) is 22.7 Å². The number of carbonyl (C=O) groups excluding carboxylic acids is 1. The van der Waals surface area contributed by atoms with E-state index >= 15 is 0 Å². The summed E-state index contributed by atoms with van der Waals surface area (Å²) in [6.45, 7) is -3.09. The number of halogens is 2. The first-order chi connectivity index (χ1) is 17.9. The van der Waals surface area contributed by atoms with E-state index in [4.69, 9.17) is 14.2 Å². The van der Waals surface area contributed by atoms with Crippen LogP contribution in [0.1, 0.15) is 48.9 Å². The zero-order valence-corrected chi connectivity index (χ0v) is 20.4. The highest BCUT2D eigenvalue weighted by Crippen LogP contribution is 2.57. The molecule has 1 unspecified atom stereocenters. The van der Waals surface area contributed by atoms with Crippen LogP contribution < -0.4 is 24.8 Å². The molecule has 194 valence electrons. The second-order valence-electron chi connectivity index (χ2n) is 10.6. The lowest BCUT2D eigenvalue weighted by molar-refractivity contribution is -0.0502. The molecule has 10 heteroatoms. The third-order valence-electron chi connectivity index (χ3n) is 8.39. The van der Waals surface area contributed by atoms with Crippen LogP contribution >= 0.6 is 0 Å². The Labute approximate surface area is 212 Å². The van der Waals surface area contributed by atoms with E-state index < -0.39 is 12.5 Å². The number of carbonyl (C=O) groups is 1. The number of ether oxygens (including phenoxy) is 3. The fourth-order valence-corrected chi connectivity index (χ4v) is 6.20. The van der Waals surface area contributed by atoms with Crippen LogP contribution in [-0.2, 0) is 0 Å². The summed E-state index contributed by atoms with van der Waals surface area (Å²) in [5.74, 6) is 0.889. The van der Waals surface area contributed by atoms with E-state index in [2.05, 4.69) is 15.6 Å². The predicted octanol–water partition coefficient (Wildman–Crippen LogP) is 4.17. The fraction of sp³-hybridized carbons (Fsp3) is 0.481. The molecule has 1 spiro atoms. The highest BCUT2D eigenvalue weighted by atomic mass is 19.3. The second kappa shape index (κ2) is 8.31. The SMILES string of the molecule is COc1cc(-c2cnc3cc(O[C@@H]4CC5CC[C@@]56N[C@@H]6C4)ccn23)cc(OC(F)F)c1C(=O)NC1CC1. The highest BCUT2D eigenvalue weighted by Gasteiger charge is 2.66. The van der Waals surface area contributed by atoms with Crippen molar-refractivity contribution >= 4 is 11.6 Å². The maximum Gasteiger partial charge on any atom is 0.387 e. The Morgan fingerprint density at radius 3 is 2.76 bits per heavy atom. The number of benzene rings is 1. The molecule has 2 aromatic heterocycles. The molecule has 1 aromatic carbocycles. The molecule has 3 heterocycles. The van der Waals surface area contributed by atoms with E-state index in [-0.39, 0.29) is 29.2 Å². The van der Waals surface area contributed by atoms with Crippen molar-refractivity contribution in [3.63, 3.8) is 0 Å². The number of aromatic nitrogens is 2. The number of methoxy groups -OCH3 is 1. The molecule has 4 atom stereocenters. The summed E-state index contributed by atoms with van der Waals surface area (Å²) in [6, 6.07) is 7.49. The van der Waals surface area contributed by atoms with Gasteiger partial charge in [0.1, 0.15) is 34.6 Å². The Morgan fingerprint density at radius 1 is 1.22 bits per heavy atom. The first kappa shape index (κ1) is 22.8. The molecule has 2 N–H and O–H groups in total.